The molecule has 7 heteroatoms. The number of hydrogen-bond donors (Lipinski definition) is 2. The van der Waals surface area contributed by atoms with Crippen molar-refractivity contribution >= 4 is 39.7 Å². The van der Waals surface area contributed by atoms with Crippen molar-refractivity contribution in [3.63, 3.8) is 0 Å². The minimum Gasteiger partial charge on any atom is -0.456 e. The molecule has 0 amide bonds. The smallest absolute Gasteiger partial charge is 0.177 e. The second-order valence-electron chi connectivity index (χ2n) is 7.09. The number of furan rings is 1. The van der Waals surface area contributed by atoms with Crippen molar-refractivity contribution in [1.29, 1.82) is 0 Å². The average Bonchev–Trinajstić information content (AvgIpc) is 3.21. The van der Waals surface area contributed by atoms with E-state index in [9.17, 15) is 4.39 Å². The molecule has 0 radical (unpaired) electrons. The number of hydrogen-bond acceptors (Lipinski definition) is 5. The van der Waals surface area contributed by atoms with Gasteiger partial charge in [0.15, 0.2) is 5.58 Å². The van der Waals surface area contributed by atoms with Crippen molar-refractivity contribution in [2.24, 2.45) is 11.7 Å². The summed E-state index contributed by atoms with van der Waals surface area (Å²) in [5.41, 5.74) is 8.54. The van der Waals surface area contributed by atoms with Gasteiger partial charge in [0.1, 0.15) is 22.6 Å². The number of anilines is 1. The number of pyridine rings is 1. The van der Waals surface area contributed by atoms with Crippen LogP contribution in [0.2, 0.25) is 5.15 Å². The molecule has 3 heterocycles. The Morgan fingerprint density at radius 2 is 2.32 bits per heavy atom. The summed E-state index contributed by atoms with van der Waals surface area (Å²) >= 11 is 7.94. The van der Waals surface area contributed by atoms with E-state index in [1.165, 1.54) is 11.8 Å². The molecule has 1 aliphatic carbocycles. The van der Waals surface area contributed by atoms with Gasteiger partial charge < -0.3 is 15.5 Å². The van der Waals surface area contributed by atoms with Crippen molar-refractivity contribution in [3.05, 3.63) is 44.9 Å². The van der Waals surface area contributed by atoms with E-state index >= 15 is 0 Å². The molecular weight excluding hydrogens is 397 g/mol. The predicted octanol–water partition coefficient (Wildman–Crippen LogP) is 5.14. The highest BCUT2D eigenvalue weighted by atomic mass is 35.5. The molecule has 0 saturated heterocycles. The molecule has 28 heavy (non-hydrogen) atoms. The first kappa shape index (κ1) is 19.3. The van der Waals surface area contributed by atoms with E-state index < -0.39 is 12.2 Å². The quantitative estimate of drug-likeness (QED) is 0.430. The summed E-state index contributed by atoms with van der Waals surface area (Å²) in [6.45, 7) is 2.10. The van der Waals surface area contributed by atoms with E-state index in [4.69, 9.17) is 21.8 Å². The van der Waals surface area contributed by atoms with Crippen LogP contribution < -0.4 is 11.1 Å². The molecule has 3 N–H and O–H groups in total. The van der Waals surface area contributed by atoms with Crippen LogP contribution in [0.5, 0.6) is 0 Å². The Morgan fingerprint density at radius 3 is 3.00 bits per heavy atom. The Balaban J connectivity index is 1.75. The van der Waals surface area contributed by atoms with Crippen LogP contribution in [0.15, 0.2) is 28.0 Å². The second kappa shape index (κ2) is 8.12. The van der Waals surface area contributed by atoms with Crippen molar-refractivity contribution in [2.75, 3.05) is 5.32 Å². The van der Waals surface area contributed by atoms with Crippen LogP contribution in [0.1, 0.15) is 36.0 Å². The highest BCUT2D eigenvalue weighted by molar-refractivity contribution is 7.09. The van der Waals surface area contributed by atoms with Gasteiger partial charge in [-0.2, -0.15) is 0 Å². The fourth-order valence-corrected chi connectivity index (χ4v) is 3.70. The Morgan fingerprint density at radius 1 is 1.50 bits per heavy atom. The zero-order valence-electron chi connectivity index (χ0n) is 15.5. The number of alkyl halides is 1. The molecule has 1 fully saturated rings. The largest absolute Gasteiger partial charge is 0.456 e. The lowest BCUT2D eigenvalue weighted by Gasteiger charge is -2.10. The van der Waals surface area contributed by atoms with E-state index in [1.807, 2.05) is 11.4 Å². The summed E-state index contributed by atoms with van der Waals surface area (Å²) < 4.78 is 19.8. The topological polar surface area (TPSA) is 64.1 Å². The van der Waals surface area contributed by atoms with E-state index in [0.29, 0.717) is 40.0 Å². The van der Waals surface area contributed by atoms with Gasteiger partial charge >= 0.3 is 0 Å². The maximum absolute atomic E-state index is 13.7. The third-order valence-corrected chi connectivity index (χ3v) is 5.78. The first-order valence-electron chi connectivity index (χ1n) is 9.30. The monoisotopic (exact) mass is 417 g/mol. The maximum atomic E-state index is 13.7. The van der Waals surface area contributed by atoms with Crippen LogP contribution in [-0.4, -0.2) is 17.2 Å². The Labute approximate surface area is 172 Å². The molecule has 0 unspecified atom stereocenters. The molecule has 2 atom stereocenters. The Kier molecular flexibility index (Phi) is 5.58. The molecule has 3 aromatic rings. The number of fused-ring (bicyclic) bond motifs is 1. The number of nitrogens with one attached hydrogen (secondary N) is 1. The van der Waals surface area contributed by atoms with Crippen molar-refractivity contribution < 1.29 is 8.81 Å². The van der Waals surface area contributed by atoms with Gasteiger partial charge in [-0.15, -0.1) is 11.3 Å². The van der Waals surface area contributed by atoms with Gasteiger partial charge in [0, 0.05) is 35.9 Å². The molecule has 0 bridgehead atoms. The van der Waals surface area contributed by atoms with Gasteiger partial charge in [-0.3, -0.25) is 0 Å². The predicted molar refractivity (Wildman–Crippen MR) is 113 cm³/mol. The number of rotatable bonds is 6. The lowest BCUT2D eigenvalue weighted by molar-refractivity contribution is 0.296. The molecule has 0 aliphatic heterocycles. The van der Waals surface area contributed by atoms with Gasteiger partial charge in [0.05, 0.1) is 11.3 Å². The molecule has 146 valence electrons. The summed E-state index contributed by atoms with van der Waals surface area (Å²) in [4.78, 5) is 5.64. The number of aromatic nitrogens is 1. The van der Waals surface area contributed by atoms with Gasteiger partial charge in [-0.1, -0.05) is 29.5 Å². The molecule has 4 nitrogen and oxygen atoms in total. The Hall–Kier alpha value is -2.07. The van der Waals surface area contributed by atoms with Crippen molar-refractivity contribution in [1.82, 2.24) is 4.98 Å². The zero-order valence-corrected chi connectivity index (χ0v) is 17.0. The van der Waals surface area contributed by atoms with Gasteiger partial charge in [-0.25, -0.2) is 9.37 Å². The Bertz CT molecular complexity index is 1030. The summed E-state index contributed by atoms with van der Waals surface area (Å²) in [6.07, 6.45) is 1.33. The molecule has 4 rings (SSSR count). The highest BCUT2D eigenvalue weighted by Crippen LogP contribution is 2.34. The molecular formula is C21H21ClFN3OS. The summed E-state index contributed by atoms with van der Waals surface area (Å²) in [5.74, 6) is 7.42. The van der Waals surface area contributed by atoms with Crippen LogP contribution in [0.4, 0.5) is 10.1 Å². The summed E-state index contributed by atoms with van der Waals surface area (Å²) in [6, 6.07) is 5.13. The lowest BCUT2D eigenvalue weighted by Crippen LogP contribution is -2.31. The fourth-order valence-electron chi connectivity index (χ4n) is 2.86. The van der Waals surface area contributed by atoms with E-state index in [0.717, 1.165) is 18.5 Å². The number of halogens is 2. The van der Waals surface area contributed by atoms with Crippen LogP contribution >= 0.6 is 22.9 Å². The van der Waals surface area contributed by atoms with Gasteiger partial charge in [0.25, 0.3) is 0 Å². The maximum Gasteiger partial charge on any atom is 0.177 e. The molecule has 3 aromatic heterocycles. The van der Waals surface area contributed by atoms with Crippen LogP contribution in [-0.2, 0) is 13.0 Å². The summed E-state index contributed by atoms with van der Waals surface area (Å²) in [7, 11) is 0. The first-order valence-corrected chi connectivity index (χ1v) is 10.6. The zero-order chi connectivity index (χ0) is 19.7. The number of thiophene rings is 1. The van der Waals surface area contributed by atoms with Crippen LogP contribution in [0.25, 0.3) is 11.1 Å². The average molecular weight is 418 g/mol. The third-order valence-electron chi connectivity index (χ3n) is 4.71. The highest BCUT2D eigenvalue weighted by Gasteiger charge is 2.23. The molecule has 1 saturated carbocycles. The normalized spacial score (nSPS) is 15.9. The van der Waals surface area contributed by atoms with Gasteiger partial charge in [-0.05, 0) is 31.2 Å². The fraction of sp³-hybridized carbons (Fsp3) is 0.381. The van der Waals surface area contributed by atoms with E-state index in [2.05, 4.69) is 28.2 Å². The minimum atomic E-state index is -1.15. The summed E-state index contributed by atoms with van der Waals surface area (Å²) in [5, 5.41) is 5.75. The van der Waals surface area contributed by atoms with Crippen LogP contribution in [0.3, 0.4) is 0 Å². The molecule has 0 aromatic carbocycles. The second-order valence-corrected chi connectivity index (χ2v) is 8.51. The SMILES string of the molecule is C[C@H](F)[C@H](N)Cc1oc2c(NCc3cccs3)cc(Cl)nc2c1C#CC1CC1. The van der Waals surface area contributed by atoms with Crippen molar-refractivity contribution in [3.8, 4) is 11.8 Å². The van der Waals surface area contributed by atoms with Crippen LogP contribution in [0, 0.1) is 17.8 Å². The lowest BCUT2D eigenvalue weighted by atomic mass is 10.1. The molecule has 0 spiro atoms. The van der Waals surface area contributed by atoms with Gasteiger partial charge in [0.2, 0.25) is 0 Å². The van der Waals surface area contributed by atoms with E-state index in [-0.39, 0.29) is 6.42 Å². The standard InChI is InChI=1S/C21H21ClFN3OS/c1-12(23)16(24)9-18-15(7-6-13-4-5-13)20-21(27-18)17(10-19(22)26-20)25-11-14-3-2-8-28-14/h2-3,8,10,12-13,16H,4-5,9,11,24H2,1H3,(H,25,26)/t12-,16+/m0/s1. The molecule has 1 aliphatic rings. The first-order chi connectivity index (χ1) is 13.5. The van der Waals surface area contributed by atoms with Crippen molar-refractivity contribution in [2.45, 2.75) is 44.9 Å². The third kappa shape index (κ3) is 4.33. The number of nitrogens with two attached hydrogens (primary N) is 1. The number of nitrogens with zero attached hydrogens (tertiary/aromatic N) is 1. The van der Waals surface area contributed by atoms with E-state index in [1.54, 1.807) is 17.4 Å². The minimum absolute atomic E-state index is 0.255.